The van der Waals surface area contributed by atoms with Crippen molar-refractivity contribution in [3.8, 4) is 0 Å². The Balaban J connectivity index is 1.67. The van der Waals surface area contributed by atoms with Crippen molar-refractivity contribution in [1.82, 2.24) is 9.88 Å². The molecule has 2 aromatic rings. The first-order valence-corrected chi connectivity index (χ1v) is 8.90. The minimum atomic E-state index is -0.444. The van der Waals surface area contributed by atoms with Gasteiger partial charge in [-0.1, -0.05) is 6.07 Å². The van der Waals surface area contributed by atoms with E-state index in [0.717, 1.165) is 31.4 Å². The Morgan fingerprint density at radius 1 is 1.20 bits per heavy atom. The van der Waals surface area contributed by atoms with E-state index < -0.39 is 5.60 Å². The van der Waals surface area contributed by atoms with Crippen LogP contribution in [0.25, 0.3) is 10.9 Å². The number of nitrogens with zero attached hydrogens (tertiary/aromatic N) is 3. The number of carbonyl (C=O) groups excluding carboxylic acids is 1. The van der Waals surface area contributed by atoms with Gasteiger partial charge in [0.05, 0.1) is 5.52 Å². The molecule has 0 radical (unpaired) electrons. The molecule has 1 aromatic heterocycles. The lowest BCUT2D eigenvalue weighted by Gasteiger charge is -2.38. The van der Waals surface area contributed by atoms with Crippen LogP contribution in [-0.4, -0.2) is 47.8 Å². The van der Waals surface area contributed by atoms with E-state index in [1.807, 2.05) is 44.0 Å². The second-order valence-electron chi connectivity index (χ2n) is 7.66. The van der Waals surface area contributed by atoms with Gasteiger partial charge in [0.15, 0.2) is 0 Å². The zero-order chi connectivity index (χ0) is 18.0. The van der Waals surface area contributed by atoms with E-state index in [1.54, 1.807) is 0 Å². The van der Waals surface area contributed by atoms with E-state index in [1.165, 1.54) is 11.1 Å². The van der Waals surface area contributed by atoms with Crippen molar-refractivity contribution < 1.29 is 9.53 Å². The van der Waals surface area contributed by atoms with Gasteiger partial charge in [-0.25, -0.2) is 4.79 Å². The summed E-state index contributed by atoms with van der Waals surface area (Å²) in [4.78, 5) is 20.8. The molecule has 1 fully saturated rings. The number of amides is 1. The van der Waals surface area contributed by atoms with Crippen molar-refractivity contribution in [3.63, 3.8) is 0 Å². The fourth-order valence-corrected chi connectivity index (χ4v) is 3.35. The quantitative estimate of drug-likeness (QED) is 0.826. The number of aromatic nitrogens is 1. The molecule has 0 bridgehead atoms. The van der Waals surface area contributed by atoms with Crippen LogP contribution in [0.4, 0.5) is 10.5 Å². The normalized spacial score (nSPS) is 16.1. The number of piperidine rings is 1. The van der Waals surface area contributed by atoms with Crippen LogP contribution in [0.5, 0.6) is 0 Å². The van der Waals surface area contributed by atoms with Gasteiger partial charge in [-0.05, 0) is 57.9 Å². The molecule has 25 heavy (non-hydrogen) atoms. The Bertz CT molecular complexity index is 741. The summed E-state index contributed by atoms with van der Waals surface area (Å²) in [6.07, 6.45) is 3.49. The number of carbonyl (C=O) groups is 1. The molecular weight excluding hydrogens is 314 g/mol. The molecule has 1 aliphatic rings. The SMILES string of the molecule is CN(c1cccc2ncccc12)C1CCN(C(=O)OC(C)(C)C)CC1. The summed E-state index contributed by atoms with van der Waals surface area (Å²) in [5.41, 5.74) is 1.76. The van der Waals surface area contributed by atoms with Gasteiger partial charge in [-0.15, -0.1) is 0 Å². The van der Waals surface area contributed by atoms with E-state index >= 15 is 0 Å². The van der Waals surface area contributed by atoms with Crippen molar-refractivity contribution in [2.45, 2.75) is 45.3 Å². The zero-order valence-corrected chi connectivity index (χ0v) is 15.5. The van der Waals surface area contributed by atoms with Gasteiger partial charge in [0.2, 0.25) is 0 Å². The third-order valence-corrected chi connectivity index (χ3v) is 4.67. The second-order valence-corrected chi connectivity index (χ2v) is 7.66. The first-order valence-electron chi connectivity index (χ1n) is 8.90. The van der Waals surface area contributed by atoms with Crippen molar-refractivity contribution in [1.29, 1.82) is 0 Å². The molecule has 1 saturated heterocycles. The van der Waals surface area contributed by atoms with Crippen LogP contribution in [-0.2, 0) is 4.74 Å². The van der Waals surface area contributed by atoms with E-state index in [9.17, 15) is 4.79 Å². The average molecular weight is 341 g/mol. The number of rotatable bonds is 2. The Labute approximate surface area is 149 Å². The molecular formula is C20H27N3O2. The highest BCUT2D eigenvalue weighted by atomic mass is 16.6. The number of fused-ring (bicyclic) bond motifs is 1. The van der Waals surface area contributed by atoms with Gasteiger partial charge in [0.25, 0.3) is 0 Å². The van der Waals surface area contributed by atoms with E-state index in [4.69, 9.17) is 4.74 Å². The maximum Gasteiger partial charge on any atom is 0.410 e. The van der Waals surface area contributed by atoms with Crippen molar-refractivity contribution in [3.05, 3.63) is 36.5 Å². The number of hydrogen-bond acceptors (Lipinski definition) is 4. The van der Waals surface area contributed by atoms with E-state index in [-0.39, 0.29) is 6.09 Å². The molecule has 0 saturated carbocycles. The molecule has 1 aliphatic heterocycles. The molecule has 2 heterocycles. The van der Waals surface area contributed by atoms with Gasteiger partial charge < -0.3 is 14.5 Å². The first-order chi connectivity index (χ1) is 11.8. The van der Waals surface area contributed by atoms with Crippen LogP contribution < -0.4 is 4.90 Å². The molecule has 1 aromatic carbocycles. The standard InChI is InChI=1S/C20H27N3O2/c1-20(2,3)25-19(24)23-13-10-15(11-14-23)22(4)18-9-5-8-17-16(18)7-6-12-21-17/h5-9,12,15H,10-11,13-14H2,1-4H3. The highest BCUT2D eigenvalue weighted by molar-refractivity contribution is 5.91. The molecule has 0 N–H and O–H groups in total. The fourth-order valence-electron chi connectivity index (χ4n) is 3.35. The molecule has 0 unspecified atom stereocenters. The van der Waals surface area contributed by atoms with Gasteiger partial charge in [-0.3, -0.25) is 4.98 Å². The van der Waals surface area contributed by atoms with Gasteiger partial charge in [0.1, 0.15) is 5.60 Å². The minimum Gasteiger partial charge on any atom is -0.444 e. The molecule has 5 heteroatoms. The van der Waals surface area contributed by atoms with Gasteiger partial charge >= 0.3 is 6.09 Å². The monoisotopic (exact) mass is 341 g/mol. The molecule has 0 aliphatic carbocycles. The third-order valence-electron chi connectivity index (χ3n) is 4.67. The van der Waals surface area contributed by atoms with Crippen LogP contribution >= 0.6 is 0 Å². The highest BCUT2D eigenvalue weighted by Gasteiger charge is 2.28. The van der Waals surface area contributed by atoms with E-state index in [0.29, 0.717) is 6.04 Å². The van der Waals surface area contributed by atoms with Crippen LogP contribution in [0, 0.1) is 0 Å². The Kier molecular flexibility index (Phi) is 4.84. The van der Waals surface area contributed by atoms with Crippen LogP contribution in [0.15, 0.2) is 36.5 Å². The predicted molar refractivity (Wildman–Crippen MR) is 101 cm³/mol. The number of hydrogen-bond donors (Lipinski definition) is 0. The fraction of sp³-hybridized carbons (Fsp3) is 0.500. The Hall–Kier alpha value is -2.30. The van der Waals surface area contributed by atoms with Crippen molar-refractivity contribution in [2.75, 3.05) is 25.0 Å². The van der Waals surface area contributed by atoms with Gasteiger partial charge in [0, 0.05) is 43.4 Å². The molecule has 5 nitrogen and oxygen atoms in total. The van der Waals surface area contributed by atoms with Crippen LogP contribution in [0.3, 0.4) is 0 Å². The van der Waals surface area contributed by atoms with Gasteiger partial charge in [-0.2, -0.15) is 0 Å². The largest absolute Gasteiger partial charge is 0.444 e. The number of anilines is 1. The average Bonchev–Trinajstić information content (AvgIpc) is 2.59. The smallest absolute Gasteiger partial charge is 0.410 e. The number of likely N-dealkylation sites (tertiary alicyclic amines) is 1. The number of pyridine rings is 1. The molecule has 134 valence electrons. The van der Waals surface area contributed by atoms with Crippen LogP contribution in [0.1, 0.15) is 33.6 Å². The lowest BCUT2D eigenvalue weighted by molar-refractivity contribution is 0.0205. The minimum absolute atomic E-state index is 0.206. The third kappa shape index (κ3) is 4.03. The summed E-state index contributed by atoms with van der Waals surface area (Å²) < 4.78 is 5.48. The molecule has 3 rings (SSSR count). The van der Waals surface area contributed by atoms with Crippen molar-refractivity contribution in [2.24, 2.45) is 0 Å². The van der Waals surface area contributed by atoms with Crippen LogP contribution in [0.2, 0.25) is 0 Å². The summed E-state index contributed by atoms with van der Waals surface area (Å²) in [6, 6.07) is 10.7. The number of ether oxygens (including phenoxy) is 1. The first kappa shape index (κ1) is 17.5. The topological polar surface area (TPSA) is 45.7 Å². The second kappa shape index (κ2) is 6.90. The molecule has 1 amide bonds. The zero-order valence-electron chi connectivity index (χ0n) is 15.5. The molecule has 0 atom stereocenters. The predicted octanol–water partition coefficient (Wildman–Crippen LogP) is 4.07. The number of benzene rings is 1. The summed E-state index contributed by atoms with van der Waals surface area (Å²) in [5.74, 6) is 0. The summed E-state index contributed by atoms with van der Waals surface area (Å²) >= 11 is 0. The molecule has 0 spiro atoms. The maximum absolute atomic E-state index is 12.2. The highest BCUT2D eigenvalue weighted by Crippen LogP contribution is 2.29. The lowest BCUT2D eigenvalue weighted by Crippen LogP contribution is -2.47. The van der Waals surface area contributed by atoms with Crippen molar-refractivity contribution >= 4 is 22.7 Å². The lowest BCUT2D eigenvalue weighted by atomic mass is 10.0. The van der Waals surface area contributed by atoms with E-state index in [2.05, 4.69) is 35.1 Å². The summed E-state index contributed by atoms with van der Waals surface area (Å²) in [7, 11) is 2.13. The summed E-state index contributed by atoms with van der Waals surface area (Å²) in [6.45, 7) is 7.17. The summed E-state index contributed by atoms with van der Waals surface area (Å²) in [5, 5.41) is 1.17. The Morgan fingerprint density at radius 2 is 1.92 bits per heavy atom. The maximum atomic E-state index is 12.2. The Morgan fingerprint density at radius 3 is 2.60 bits per heavy atom.